The van der Waals surface area contributed by atoms with Crippen LogP contribution >= 0.6 is 35.3 Å². The third-order valence-electron chi connectivity index (χ3n) is 4.44. The van der Waals surface area contributed by atoms with Crippen molar-refractivity contribution in [1.29, 1.82) is 0 Å². The zero-order valence-electron chi connectivity index (χ0n) is 16.1. The lowest BCUT2D eigenvalue weighted by atomic mass is 10.2. The minimum absolute atomic E-state index is 0. The summed E-state index contributed by atoms with van der Waals surface area (Å²) >= 11 is 1.76. The molecule has 8 heteroatoms. The molecule has 1 fully saturated rings. The lowest BCUT2D eigenvalue weighted by Crippen LogP contribution is -2.41. The lowest BCUT2D eigenvalue weighted by Gasteiger charge is -2.32. The molecule has 2 aromatic heterocycles. The first-order valence-electron chi connectivity index (χ1n) is 8.94. The molecule has 0 aromatic carbocycles. The van der Waals surface area contributed by atoms with Crippen molar-refractivity contribution in [2.45, 2.75) is 33.0 Å². The van der Waals surface area contributed by atoms with Crippen molar-refractivity contribution in [2.75, 3.05) is 31.6 Å². The van der Waals surface area contributed by atoms with Crippen LogP contribution in [0.2, 0.25) is 0 Å². The Bertz CT molecular complexity index is 734. The summed E-state index contributed by atoms with van der Waals surface area (Å²) in [5.74, 6) is 1.81. The molecule has 2 aromatic rings. The highest BCUT2D eigenvalue weighted by molar-refractivity contribution is 14.0. The van der Waals surface area contributed by atoms with E-state index in [1.165, 1.54) is 10.4 Å². The van der Waals surface area contributed by atoms with Gasteiger partial charge in [0.1, 0.15) is 5.82 Å². The topological polar surface area (TPSA) is 61.8 Å². The standard InChI is InChI=1S/C19H27N5OS.HI/c1-14-6-9-26-17(14)12-23-19(20-3)22-11-16-4-5-18(21-10-16)24-7-8-25-15(2)13-24;/h4-6,9-10,15H,7-8,11-13H2,1-3H3,(H2,20,22,23);1H. The fourth-order valence-corrected chi connectivity index (χ4v) is 3.74. The molecule has 2 N–H and O–H groups in total. The summed E-state index contributed by atoms with van der Waals surface area (Å²) in [5, 5.41) is 8.82. The van der Waals surface area contributed by atoms with Gasteiger partial charge in [0.25, 0.3) is 0 Å². The highest BCUT2D eigenvalue weighted by Gasteiger charge is 2.17. The maximum atomic E-state index is 5.59. The number of guanidine groups is 1. The van der Waals surface area contributed by atoms with E-state index >= 15 is 0 Å². The Kier molecular flexibility index (Phi) is 8.78. The van der Waals surface area contributed by atoms with Crippen LogP contribution in [-0.2, 0) is 17.8 Å². The zero-order chi connectivity index (χ0) is 18.4. The summed E-state index contributed by atoms with van der Waals surface area (Å²) in [6.45, 7) is 8.26. The molecule has 0 saturated carbocycles. The van der Waals surface area contributed by atoms with Crippen molar-refractivity contribution in [2.24, 2.45) is 4.99 Å². The number of nitrogens with one attached hydrogen (secondary N) is 2. The number of pyridine rings is 1. The van der Waals surface area contributed by atoms with Crippen LogP contribution in [0.4, 0.5) is 5.82 Å². The molecule has 3 heterocycles. The van der Waals surface area contributed by atoms with Gasteiger partial charge in [0.2, 0.25) is 0 Å². The van der Waals surface area contributed by atoms with E-state index in [-0.39, 0.29) is 30.1 Å². The van der Waals surface area contributed by atoms with E-state index in [0.29, 0.717) is 6.54 Å². The quantitative estimate of drug-likeness (QED) is 0.375. The molecule has 0 spiro atoms. The molecule has 1 atom stereocenters. The van der Waals surface area contributed by atoms with Crippen LogP contribution in [0.5, 0.6) is 0 Å². The van der Waals surface area contributed by atoms with Crippen molar-refractivity contribution in [3.05, 3.63) is 45.8 Å². The number of thiophene rings is 1. The maximum Gasteiger partial charge on any atom is 0.191 e. The average Bonchev–Trinajstić information content (AvgIpc) is 3.07. The van der Waals surface area contributed by atoms with Crippen LogP contribution in [0, 0.1) is 6.92 Å². The number of anilines is 1. The number of aromatic nitrogens is 1. The summed E-state index contributed by atoms with van der Waals surface area (Å²) in [6.07, 6.45) is 2.19. The largest absolute Gasteiger partial charge is 0.375 e. The predicted molar refractivity (Wildman–Crippen MR) is 123 cm³/mol. The number of morpholine rings is 1. The van der Waals surface area contributed by atoms with Crippen molar-refractivity contribution < 1.29 is 4.74 Å². The number of aryl methyl sites for hydroxylation is 1. The van der Waals surface area contributed by atoms with E-state index in [4.69, 9.17) is 4.74 Å². The Balaban J connectivity index is 0.00000261. The van der Waals surface area contributed by atoms with E-state index in [1.807, 2.05) is 6.20 Å². The predicted octanol–water partition coefficient (Wildman–Crippen LogP) is 3.16. The van der Waals surface area contributed by atoms with E-state index in [1.54, 1.807) is 18.4 Å². The van der Waals surface area contributed by atoms with Gasteiger partial charge in [-0.15, -0.1) is 35.3 Å². The van der Waals surface area contributed by atoms with E-state index in [0.717, 1.165) is 43.6 Å². The van der Waals surface area contributed by atoms with Gasteiger partial charge in [-0.05, 0) is 42.5 Å². The fourth-order valence-electron chi connectivity index (χ4n) is 2.89. The van der Waals surface area contributed by atoms with Gasteiger partial charge >= 0.3 is 0 Å². The Hall–Kier alpha value is -1.39. The molecular formula is C19H28IN5OS. The van der Waals surface area contributed by atoms with Gasteiger partial charge in [-0.1, -0.05) is 6.07 Å². The summed E-state index contributed by atoms with van der Waals surface area (Å²) in [7, 11) is 1.79. The Labute approximate surface area is 182 Å². The van der Waals surface area contributed by atoms with Crippen LogP contribution in [0.15, 0.2) is 34.8 Å². The Morgan fingerprint density at radius 3 is 2.78 bits per heavy atom. The summed E-state index contributed by atoms with van der Waals surface area (Å²) in [6, 6.07) is 6.34. The zero-order valence-corrected chi connectivity index (χ0v) is 19.2. The number of aliphatic imine (C=N–C) groups is 1. The molecule has 0 aliphatic carbocycles. The lowest BCUT2D eigenvalue weighted by molar-refractivity contribution is 0.0529. The monoisotopic (exact) mass is 501 g/mol. The second-order valence-electron chi connectivity index (χ2n) is 6.46. The minimum atomic E-state index is 0. The normalized spacial score (nSPS) is 17.4. The molecule has 6 nitrogen and oxygen atoms in total. The third-order valence-corrected chi connectivity index (χ3v) is 5.47. The first-order chi connectivity index (χ1) is 12.7. The van der Waals surface area contributed by atoms with Crippen molar-refractivity contribution in [3.8, 4) is 0 Å². The van der Waals surface area contributed by atoms with Gasteiger partial charge in [0.05, 0.1) is 19.3 Å². The van der Waals surface area contributed by atoms with Gasteiger partial charge < -0.3 is 20.3 Å². The van der Waals surface area contributed by atoms with Crippen LogP contribution in [-0.4, -0.2) is 43.8 Å². The number of nitrogens with zero attached hydrogens (tertiary/aromatic N) is 3. The second kappa shape index (κ2) is 10.8. The molecule has 148 valence electrons. The molecule has 27 heavy (non-hydrogen) atoms. The van der Waals surface area contributed by atoms with Gasteiger partial charge in [0.15, 0.2) is 5.96 Å². The van der Waals surface area contributed by atoms with Crippen molar-refractivity contribution >= 4 is 47.1 Å². The van der Waals surface area contributed by atoms with Crippen molar-refractivity contribution in [1.82, 2.24) is 15.6 Å². The van der Waals surface area contributed by atoms with E-state index in [9.17, 15) is 0 Å². The van der Waals surface area contributed by atoms with Gasteiger partial charge in [-0.25, -0.2) is 4.98 Å². The molecule has 1 saturated heterocycles. The third kappa shape index (κ3) is 6.32. The molecule has 0 bridgehead atoms. The first-order valence-corrected chi connectivity index (χ1v) is 9.82. The van der Waals surface area contributed by atoms with Gasteiger partial charge in [0, 0.05) is 37.8 Å². The Morgan fingerprint density at radius 1 is 1.33 bits per heavy atom. The maximum absolute atomic E-state index is 5.59. The summed E-state index contributed by atoms with van der Waals surface area (Å²) < 4.78 is 5.59. The smallest absolute Gasteiger partial charge is 0.191 e. The molecule has 0 radical (unpaired) electrons. The number of hydrogen-bond donors (Lipinski definition) is 2. The molecule has 0 amide bonds. The molecule has 1 aliphatic rings. The first kappa shape index (κ1) is 21.9. The molecular weight excluding hydrogens is 473 g/mol. The Morgan fingerprint density at radius 2 is 2.15 bits per heavy atom. The van der Waals surface area contributed by atoms with Gasteiger partial charge in [-0.3, -0.25) is 4.99 Å². The number of rotatable bonds is 5. The average molecular weight is 501 g/mol. The number of ether oxygens (including phenoxy) is 1. The van der Waals surface area contributed by atoms with Gasteiger partial charge in [-0.2, -0.15) is 0 Å². The SMILES string of the molecule is CN=C(NCc1ccc(N2CCOC(C)C2)nc1)NCc1sccc1C.I. The summed E-state index contributed by atoms with van der Waals surface area (Å²) in [4.78, 5) is 12.5. The second-order valence-corrected chi connectivity index (χ2v) is 7.46. The van der Waals surface area contributed by atoms with Crippen LogP contribution in [0.25, 0.3) is 0 Å². The molecule has 1 unspecified atom stereocenters. The van der Waals surface area contributed by atoms with E-state index in [2.05, 4.69) is 62.9 Å². The highest BCUT2D eigenvalue weighted by atomic mass is 127. The minimum Gasteiger partial charge on any atom is -0.375 e. The van der Waals surface area contributed by atoms with Crippen LogP contribution in [0.1, 0.15) is 22.9 Å². The van der Waals surface area contributed by atoms with E-state index < -0.39 is 0 Å². The highest BCUT2D eigenvalue weighted by Crippen LogP contribution is 2.16. The molecule has 3 rings (SSSR count). The van der Waals surface area contributed by atoms with Crippen LogP contribution < -0.4 is 15.5 Å². The molecule has 1 aliphatic heterocycles. The number of hydrogen-bond acceptors (Lipinski definition) is 5. The fraction of sp³-hybridized carbons (Fsp3) is 0.474. The summed E-state index contributed by atoms with van der Waals surface area (Å²) in [5.41, 5.74) is 2.44. The van der Waals surface area contributed by atoms with Crippen LogP contribution in [0.3, 0.4) is 0 Å². The van der Waals surface area contributed by atoms with Crippen molar-refractivity contribution in [3.63, 3.8) is 0 Å². The number of halogens is 1.